The molecule has 0 saturated heterocycles. The Balaban J connectivity index is 1.63. The van der Waals surface area contributed by atoms with Crippen molar-refractivity contribution in [1.29, 1.82) is 5.26 Å². The van der Waals surface area contributed by atoms with Gasteiger partial charge in [0.25, 0.3) is 0 Å². The van der Waals surface area contributed by atoms with E-state index in [1.807, 2.05) is 36.5 Å². The third-order valence-corrected chi connectivity index (χ3v) is 3.68. The van der Waals surface area contributed by atoms with Gasteiger partial charge in [0.1, 0.15) is 11.6 Å². The van der Waals surface area contributed by atoms with Crippen LogP contribution in [0.5, 0.6) is 0 Å². The average Bonchev–Trinajstić information content (AvgIpc) is 3.17. The first-order chi connectivity index (χ1) is 12.1. The third-order valence-electron chi connectivity index (χ3n) is 3.68. The van der Waals surface area contributed by atoms with Crippen LogP contribution in [0, 0.1) is 18.3 Å². The Morgan fingerprint density at radius 1 is 1.32 bits per heavy atom. The largest absolute Gasteiger partial charge is 0.281 e. The summed E-state index contributed by atoms with van der Waals surface area (Å²) < 4.78 is 3.23. The number of hydrazine groups is 1. The summed E-state index contributed by atoms with van der Waals surface area (Å²) in [6.07, 6.45) is 3.63. The van der Waals surface area contributed by atoms with E-state index in [-0.39, 0.29) is 12.3 Å². The number of carbonyl (C=O) groups is 1. The highest BCUT2D eigenvalue weighted by atomic mass is 16.2. The molecule has 0 aliphatic rings. The molecule has 0 fully saturated rings. The zero-order valence-electron chi connectivity index (χ0n) is 13.9. The molecule has 8 heteroatoms. The van der Waals surface area contributed by atoms with Crippen molar-refractivity contribution in [2.24, 2.45) is 7.05 Å². The van der Waals surface area contributed by atoms with E-state index in [2.05, 4.69) is 27.1 Å². The summed E-state index contributed by atoms with van der Waals surface area (Å²) >= 11 is 0. The van der Waals surface area contributed by atoms with Crippen LogP contribution in [0.15, 0.2) is 42.7 Å². The highest BCUT2D eigenvalue weighted by Gasteiger charge is 2.14. The number of anilines is 1. The van der Waals surface area contributed by atoms with Crippen molar-refractivity contribution in [1.82, 2.24) is 25.0 Å². The summed E-state index contributed by atoms with van der Waals surface area (Å²) in [7, 11) is 1.70. The molecule has 3 rings (SSSR count). The maximum absolute atomic E-state index is 12.1. The first-order valence-corrected chi connectivity index (χ1v) is 7.66. The van der Waals surface area contributed by atoms with E-state index in [1.165, 1.54) is 4.68 Å². The summed E-state index contributed by atoms with van der Waals surface area (Å²) in [5.74, 6) is 0.212. The SMILES string of the molecule is Cc1nn(C)c(NNC(=O)Cc2cnn(-c3ccccc3)c2)c1C#N. The van der Waals surface area contributed by atoms with Gasteiger partial charge in [-0.05, 0) is 24.6 Å². The van der Waals surface area contributed by atoms with Crippen LogP contribution >= 0.6 is 0 Å². The van der Waals surface area contributed by atoms with Gasteiger partial charge in [-0.2, -0.15) is 15.5 Å². The Morgan fingerprint density at radius 2 is 2.08 bits per heavy atom. The second-order valence-electron chi connectivity index (χ2n) is 5.52. The summed E-state index contributed by atoms with van der Waals surface area (Å²) in [5, 5.41) is 17.6. The first-order valence-electron chi connectivity index (χ1n) is 7.66. The van der Waals surface area contributed by atoms with Crippen molar-refractivity contribution < 1.29 is 4.79 Å². The molecule has 1 amide bonds. The molecule has 0 unspecified atom stereocenters. The molecule has 1 aromatic carbocycles. The fourth-order valence-electron chi connectivity index (χ4n) is 2.47. The fourth-order valence-corrected chi connectivity index (χ4v) is 2.47. The van der Waals surface area contributed by atoms with E-state index < -0.39 is 0 Å². The predicted molar refractivity (Wildman–Crippen MR) is 91.7 cm³/mol. The topological polar surface area (TPSA) is 101 Å². The van der Waals surface area contributed by atoms with E-state index >= 15 is 0 Å². The lowest BCUT2D eigenvalue weighted by atomic mass is 10.2. The number of nitrogens with zero attached hydrogens (tertiary/aromatic N) is 5. The second kappa shape index (κ2) is 6.88. The number of benzene rings is 1. The van der Waals surface area contributed by atoms with Crippen molar-refractivity contribution in [3.8, 4) is 11.8 Å². The summed E-state index contributed by atoms with van der Waals surface area (Å²) in [4.78, 5) is 12.1. The molecule has 0 radical (unpaired) electrons. The molecule has 126 valence electrons. The van der Waals surface area contributed by atoms with Crippen molar-refractivity contribution in [3.05, 3.63) is 59.5 Å². The van der Waals surface area contributed by atoms with Crippen LogP contribution in [0.4, 0.5) is 5.82 Å². The van der Waals surface area contributed by atoms with Gasteiger partial charge in [-0.25, -0.2) is 4.68 Å². The van der Waals surface area contributed by atoms with Gasteiger partial charge in [0.05, 0.1) is 24.0 Å². The number of nitriles is 1. The highest BCUT2D eigenvalue weighted by molar-refractivity contribution is 5.79. The zero-order valence-corrected chi connectivity index (χ0v) is 13.9. The number of aryl methyl sites for hydroxylation is 2. The Kier molecular flexibility index (Phi) is 4.48. The normalized spacial score (nSPS) is 10.3. The van der Waals surface area contributed by atoms with Gasteiger partial charge < -0.3 is 0 Å². The Morgan fingerprint density at radius 3 is 2.80 bits per heavy atom. The molecule has 2 heterocycles. The van der Waals surface area contributed by atoms with Crippen molar-refractivity contribution >= 4 is 11.7 Å². The second-order valence-corrected chi connectivity index (χ2v) is 5.52. The molecule has 0 bridgehead atoms. The maximum Gasteiger partial charge on any atom is 0.242 e. The highest BCUT2D eigenvalue weighted by Crippen LogP contribution is 2.16. The Labute approximate surface area is 144 Å². The lowest BCUT2D eigenvalue weighted by molar-refractivity contribution is -0.119. The number of amides is 1. The Bertz CT molecular complexity index is 934. The predicted octanol–water partition coefficient (Wildman–Crippen LogP) is 1.47. The Hall–Kier alpha value is -3.60. The fraction of sp³-hybridized carbons (Fsp3) is 0.176. The van der Waals surface area contributed by atoms with Crippen LogP contribution in [-0.2, 0) is 18.3 Å². The van der Waals surface area contributed by atoms with E-state index in [4.69, 9.17) is 5.26 Å². The molecule has 25 heavy (non-hydrogen) atoms. The van der Waals surface area contributed by atoms with Gasteiger partial charge in [-0.15, -0.1) is 0 Å². The number of aromatic nitrogens is 4. The maximum atomic E-state index is 12.1. The molecule has 3 aromatic rings. The molecule has 2 N–H and O–H groups in total. The molecule has 0 atom stereocenters. The van der Waals surface area contributed by atoms with Crippen LogP contribution in [0.2, 0.25) is 0 Å². The number of para-hydroxylation sites is 1. The van der Waals surface area contributed by atoms with E-state index in [0.29, 0.717) is 17.1 Å². The van der Waals surface area contributed by atoms with Crippen LogP contribution in [0.1, 0.15) is 16.8 Å². The zero-order chi connectivity index (χ0) is 17.8. The number of carbonyl (C=O) groups excluding carboxylic acids is 1. The summed E-state index contributed by atoms with van der Waals surface area (Å²) in [6.45, 7) is 1.74. The molecular weight excluding hydrogens is 318 g/mol. The van der Waals surface area contributed by atoms with E-state index in [1.54, 1.807) is 24.9 Å². The molecular formula is C17H17N7O. The quantitative estimate of drug-likeness (QED) is 0.688. The molecule has 8 nitrogen and oxygen atoms in total. The number of hydrogen-bond donors (Lipinski definition) is 2. The van der Waals surface area contributed by atoms with Crippen molar-refractivity contribution in [2.75, 3.05) is 5.43 Å². The minimum atomic E-state index is -0.240. The molecule has 0 aliphatic heterocycles. The van der Waals surface area contributed by atoms with Gasteiger partial charge in [0, 0.05) is 13.2 Å². The van der Waals surface area contributed by atoms with Gasteiger partial charge in [-0.3, -0.25) is 20.3 Å². The molecule has 0 aliphatic carbocycles. The summed E-state index contributed by atoms with van der Waals surface area (Å²) in [6, 6.07) is 11.7. The number of nitrogens with one attached hydrogen (secondary N) is 2. The standard InChI is InChI=1S/C17H17N7O/c1-12-15(9-18)17(23(2)22-12)21-20-16(25)8-13-10-19-24(11-13)14-6-4-3-5-7-14/h3-7,10-11,21H,8H2,1-2H3,(H,20,25). The number of rotatable bonds is 5. The molecule has 0 spiro atoms. The van der Waals surface area contributed by atoms with Gasteiger partial charge in [0.15, 0.2) is 5.82 Å². The van der Waals surface area contributed by atoms with Crippen LogP contribution < -0.4 is 10.9 Å². The first kappa shape index (κ1) is 16.3. The molecule has 0 saturated carbocycles. The average molecular weight is 335 g/mol. The van der Waals surface area contributed by atoms with Gasteiger partial charge in [-0.1, -0.05) is 18.2 Å². The lowest BCUT2D eigenvalue weighted by Gasteiger charge is -2.08. The van der Waals surface area contributed by atoms with E-state index in [0.717, 1.165) is 11.3 Å². The van der Waals surface area contributed by atoms with Crippen LogP contribution in [0.25, 0.3) is 5.69 Å². The smallest absolute Gasteiger partial charge is 0.242 e. The van der Waals surface area contributed by atoms with Gasteiger partial charge >= 0.3 is 0 Å². The minimum absolute atomic E-state index is 0.165. The summed E-state index contributed by atoms with van der Waals surface area (Å²) in [5.41, 5.74) is 8.07. The minimum Gasteiger partial charge on any atom is -0.281 e. The van der Waals surface area contributed by atoms with Crippen LogP contribution in [-0.4, -0.2) is 25.5 Å². The van der Waals surface area contributed by atoms with Crippen molar-refractivity contribution in [3.63, 3.8) is 0 Å². The third kappa shape index (κ3) is 3.50. The van der Waals surface area contributed by atoms with E-state index in [9.17, 15) is 4.79 Å². The van der Waals surface area contributed by atoms with Gasteiger partial charge in [0.2, 0.25) is 5.91 Å². The monoisotopic (exact) mass is 335 g/mol. The lowest BCUT2D eigenvalue weighted by Crippen LogP contribution is -2.31. The van der Waals surface area contributed by atoms with Crippen LogP contribution in [0.3, 0.4) is 0 Å². The number of hydrogen-bond acceptors (Lipinski definition) is 5. The van der Waals surface area contributed by atoms with Crippen molar-refractivity contribution in [2.45, 2.75) is 13.3 Å². The molecule has 2 aromatic heterocycles.